The summed E-state index contributed by atoms with van der Waals surface area (Å²) in [6.45, 7) is 9.85. The molecule has 0 aliphatic carbocycles. The van der Waals surface area contributed by atoms with Gasteiger partial charge in [0.2, 0.25) is 15.9 Å². The molecule has 22 heavy (non-hydrogen) atoms. The van der Waals surface area contributed by atoms with Crippen LogP contribution in [0.1, 0.15) is 31.9 Å². The Bertz CT molecular complexity index is 639. The molecule has 0 saturated heterocycles. The van der Waals surface area contributed by atoms with Gasteiger partial charge in [-0.3, -0.25) is 9.10 Å². The van der Waals surface area contributed by atoms with E-state index in [1.807, 2.05) is 39.8 Å². The standard InChI is InChI=1S/C16H26N2O3S/c1-11(2)10-17-16(19)14(5)18(22(6,20)21)15-9-12(3)7-8-13(15)4/h7-9,11,14H,10H2,1-6H3,(H,17,19)/t14-/m0/s1. The molecule has 0 radical (unpaired) electrons. The highest BCUT2D eigenvalue weighted by molar-refractivity contribution is 7.92. The van der Waals surface area contributed by atoms with E-state index in [-0.39, 0.29) is 5.91 Å². The third-order valence-corrected chi connectivity index (χ3v) is 4.60. The van der Waals surface area contributed by atoms with Crippen LogP contribution in [-0.2, 0) is 14.8 Å². The lowest BCUT2D eigenvalue weighted by Gasteiger charge is -2.30. The molecule has 1 aromatic carbocycles. The summed E-state index contributed by atoms with van der Waals surface area (Å²) in [5.74, 6) is 0.0172. The molecule has 0 fully saturated rings. The normalized spacial score (nSPS) is 13.0. The maximum absolute atomic E-state index is 12.3. The molecule has 0 heterocycles. The van der Waals surface area contributed by atoms with Gasteiger partial charge in [-0.2, -0.15) is 0 Å². The predicted molar refractivity (Wildman–Crippen MR) is 90.5 cm³/mol. The number of amides is 1. The number of rotatable bonds is 6. The van der Waals surface area contributed by atoms with Crippen molar-refractivity contribution >= 4 is 21.6 Å². The van der Waals surface area contributed by atoms with E-state index in [4.69, 9.17) is 0 Å². The Kier molecular flexibility index (Phi) is 6.00. The van der Waals surface area contributed by atoms with Crippen molar-refractivity contribution in [3.05, 3.63) is 29.3 Å². The van der Waals surface area contributed by atoms with E-state index in [9.17, 15) is 13.2 Å². The molecule has 0 aromatic heterocycles. The first-order valence-corrected chi connectivity index (χ1v) is 9.23. The maximum Gasteiger partial charge on any atom is 0.243 e. The summed E-state index contributed by atoms with van der Waals surface area (Å²) in [6.07, 6.45) is 1.13. The number of carbonyl (C=O) groups is 1. The van der Waals surface area contributed by atoms with E-state index >= 15 is 0 Å². The van der Waals surface area contributed by atoms with Gasteiger partial charge in [-0.1, -0.05) is 26.0 Å². The molecular formula is C16H26N2O3S. The molecule has 5 nitrogen and oxygen atoms in total. The van der Waals surface area contributed by atoms with E-state index < -0.39 is 16.1 Å². The van der Waals surface area contributed by atoms with E-state index in [0.29, 0.717) is 18.2 Å². The summed E-state index contributed by atoms with van der Waals surface area (Å²) < 4.78 is 25.7. The quantitative estimate of drug-likeness (QED) is 0.872. The molecule has 0 aliphatic rings. The number of carbonyl (C=O) groups excluding carboxylic acids is 1. The zero-order valence-corrected chi connectivity index (χ0v) is 15.0. The fourth-order valence-corrected chi connectivity index (χ4v) is 3.41. The maximum atomic E-state index is 12.3. The number of sulfonamides is 1. The van der Waals surface area contributed by atoms with Gasteiger partial charge in [0, 0.05) is 6.54 Å². The van der Waals surface area contributed by atoms with E-state index in [1.54, 1.807) is 13.0 Å². The number of hydrogen-bond donors (Lipinski definition) is 1. The van der Waals surface area contributed by atoms with Gasteiger partial charge in [-0.25, -0.2) is 8.42 Å². The van der Waals surface area contributed by atoms with Crippen molar-refractivity contribution in [2.45, 2.75) is 40.7 Å². The monoisotopic (exact) mass is 326 g/mol. The molecule has 1 atom stereocenters. The van der Waals surface area contributed by atoms with Gasteiger partial charge in [-0.05, 0) is 43.9 Å². The molecule has 0 unspecified atom stereocenters. The molecule has 124 valence electrons. The van der Waals surface area contributed by atoms with Crippen LogP contribution in [0.25, 0.3) is 0 Å². The van der Waals surface area contributed by atoms with Gasteiger partial charge in [-0.15, -0.1) is 0 Å². The smallest absolute Gasteiger partial charge is 0.243 e. The van der Waals surface area contributed by atoms with E-state index in [2.05, 4.69) is 5.32 Å². The van der Waals surface area contributed by atoms with Gasteiger partial charge >= 0.3 is 0 Å². The average Bonchev–Trinajstić information content (AvgIpc) is 2.38. The SMILES string of the molecule is Cc1ccc(C)c(N([C@@H](C)C(=O)NCC(C)C)S(C)(=O)=O)c1. The minimum atomic E-state index is -3.57. The molecule has 0 saturated carbocycles. The third kappa shape index (κ3) is 4.73. The molecule has 0 spiro atoms. The molecule has 0 aliphatic heterocycles. The van der Waals surface area contributed by atoms with Crippen molar-refractivity contribution in [3.8, 4) is 0 Å². The third-order valence-electron chi connectivity index (χ3n) is 3.38. The minimum Gasteiger partial charge on any atom is -0.354 e. The second-order valence-corrected chi connectivity index (χ2v) is 8.02. The van der Waals surface area contributed by atoms with Gasteiger partial charge in [0.1, 0.15) is 6.04 Å². The van der Waals surface area contributed by atoms with Crippen molar-refractivity contribution in [2.75, 3.05) is 17.1 Å². The first-order chi connectivity index (χ1) is 10.0. The summed E-state index contributed by atoms with van der Waals surface area (Å²) >= 11 is 0. The van der Waals surface area contributed by atoms with Crippen LogP contribution in [0.15, 0.2) is 18.2 Å². The topological polar surface area (TPSA) is 66.5 Å². The summed E-state index contributed by atoms with van der Waals surface area (Å²) in [5, 5.41) is 2.79. The fraction of sp³-hybridized carbons (Fsp3) is 0.562. The molecule has 1 amide bonds. The summed E-state index contributed by atoms with van der Waals surface area (Å²) in [7, 11) is -3.57. The number of anilines is 1. The Labute approximate surface area is 133 Å². The number of hydrogen-bond acceptors (Lipinski definition) is 3. The van der Waals surface area contributed by atoms with Gasteiger partial charge < -0.3 is 5.32 Å². The largest absolute Gasteiger partial charge is 0.354 e. The van der Waals surface area contributed by atoms with Crippen LogP contribution in [0.2, 0.25) is 0 Å². The van der Waals surface area contributed by atoms with E-state index in [0.717, 1.165) is 17.4 Å². The van der Waals surface area contributed by atoms with Crippen LogP contribution in [0.4, 0.5) is 5.69 Å². The second kappa shape index (κ2) is 7.13. The first-order valence-electron chi connectivity index (χ1n) is 7.38. The van der Waals surface area contributed by atoms with Crippen molar-refractivity contribution in [1.29, 1.82) is 0 Å². The average molecular weight is 326 g/mol. The number of benzene rings is 1. The van der Waals surface area contributed by atoms with Crippen molar-refractivity contribution in [2.24, 2.45) is 5.92 Å². The van der Waals surface area contributed by atoms with Crippen molar-refractivity contribution in [3.63, 3.8) is 0 Å². The van der Waals surface area contributed by atoms with E-state index in [1.165, 1.54) is 4.31 Å². The van der Waals surface area contributed by atoms with Gasteiger partial charge in [0.05, 0.1) is 11.9 Å². The Morgan fingerprint density at radius 1 is 1.23 bits per heavy atom. The second-order valence-electron chi connectivity index (χ2n) is 6.16. The van der Waals surface area contributed by atoms with Gasteiger partial charge in [0.15, 0.2) is 0 Å². The highest BCUT2D eigenvalue weighted by Gasteiger charge is 2.30. The summed E-state index contributed by atoms with van der Waals surface area (Å²) in [4.78, 5) is 12.3. The van der Waals surface area contributed by atoms with Gasteiger partial charge in [0.25, 0.3) is 0 Å². The molecule has 1 aromatic rings. The zero-order valence-electron chi connectivity index (χ0n) is 14.2. The molecule has 1 rings (SSSR count). The number of nitrogens with zero attached hydrogens (tertiary/aromatic N) is 1. The molecule has 6 heteroatoms. The fourth-order valence-electron chi connectivity index (χ4n) is 2.19. The lowest BCUT2D eigenvalue weighted by Crippen LogP contribution is -2.48. The number of nitrogens with one attached hydrogen (secondary N) is 1. The van der Waals surface area contributed by atoms with Crippen LogP contribution in [0.3, 0.4) is 0 Å². The minimum absolute atomic E-state index is 0.292. The highest BCUT2D eigenvalue weighted by Crippen LogP contribution is 2.26. The van der Waals surface area contributed by atoms with Crippen molar-refractivity contribution < 1.29 is 13.2 Å². The van der Waals surface area contributed by atoms with Crippen LogP contribution >= 0.6 is 0 Å². The van der Waals surface area contributed by atoms with Crippen molar-refractivity contribution in [1.82, 2.24) is 5.32 Å². The van der Waals surface area contributed by atoms with Crippen LogP contribution < -0.4 is 9.62 Å². The molecule has 1 N–H and O–H groups in total. The number of aryl methyl sites for hydroxylation is 2. The Hall–Kier alpha value is -1.56. The van der Waals surface area contributed by atoms with Crippen LogP contribution in [-0.4, -0.2) is 33.2 Å². The van der Waals surface area contributed by atoms with Crippen LogP contribution in [0.5, 0.6) is 0 Å². The lowest BCUT2D eigenvalue weighted by atomic mass is 10.1. The summed E-state index contributed by atoms with van der Waals surface area (Å²) in [5.41, 5.74) is 2.32. The Balaban J connectivity index is 3.19. The van der Waals surface area contributed by atoms with Crippen LogP contribution in [0, 0.1) is 19.8 Å². The highest BCUT2D eigenvalue weighted by atomic mass is 32.2. The Morgan fingerprint density at radius 2 is 1.82 bits per heavy atom. The zero-order chi connectivity index (χ0) is 17.1. The molecule has 0 bridgehead atoms. The lowest BCUT2D eigenvalue weighted by molar-refractivity contribution is -0.121. The first kappa shape index (κ1) is 18.5. The summed E-state index contributed by atoms with van der Waals surface area (Å²) in [6, 6.07) is 4.78. The predicted octanol–water partition coefficient (Wildman–Crippen LogP) is 2.23. The molecular weight excluding hydrogens is 300 g/mol. The Morgan fingerprint density at radius 3 is 2.32 bits per heavy atom.